The molecule has 3 rings (SSSR count). The lowest BCUT2D eigenvalue weighted by molar-refractivity contribution is -0.120. The van der Waals surface area contributed by atoms with Crippen LogP contribution >= 0.6 is 23.2 Å². The van der Waals surface area contributed by atoms with E-state index in [4.69, 9.17) is 23.2 Å². The van der Waals surface area contributed by atoms with Crippen LogP contribution in [-0.4, -0.2) is 32.1 Å². The average molecular weight is 420 g/mol. The Morgan fingerprint density at radius 3 is 2.61 bits per heavy atom. The summed E-state index contributed by atoms with van der Waals surface area (Å²) < 4.78 is 0. The zero-order chi connectivity index (χ0) is 20.1. The zero-order valence-electron chi connectivity index (χ0n) is 16.3. The smallest absolute Gasteiger partial charge is 0.233 e. The highest BCUT2D eigenvalue weighted by Crippen LogP contribution is 2.28. The first-order chi connectivity index (χ1) is 13.3. The van der Waals surface area contributed by atoms with E-state index < -0.39 is 0 Å². The van der Waals surface area contributed by atoms with Crippen molar-refractivity contribution >= 4 is 34.8 Å². The second-order valence-corrected chi connectivity index (χ2v) is 8.66. The first-order valence-electron chi connectivity index (χ1n) is 9.62. The van der Waals surface area contributed by atoms with Crippen LogP contribution in [0, 0.1) is 5.92 Å². The van der Waals surface area contributed by atoms with Crippen molar-refractivity contribution in [2.24, 2.45) is 5.92 Å². The molecule has 0 saturated carbocycles. The normalized spacial score (nSPS) is 17.0. The minimum atomic E-state index is -0.386. The Bertz CT molecular complexity index is 811. The van der Waals surface area contributed by atoms with Crippen LogP contribution in [0.1, 0.15) is 25.8 Å². The molecular formula is C22H27Cl2N3O. The summed E-state index contributed by atoms with van der Waals surface area (Å²) in [6, 6.07) is 16.0. The molecule has 0 radical (unpaired) electrons. The van der Waals surface area contributed by atoms with Gasteiger partial charge in [-0.1, -0.05) is 47.5 Å². The van der Waals surface area contributed by atoms with E-state index in [1.54, 1.807) is 6.07 Å². The van der Waals surface area contributed by atoms with Crippen LogP contribution < -0.4 is 15.5 Å². The maximum absolute atomic E-state index is 12.3. The predicted octanol–water partition coefficient (Wildman–Crippen LogP) is 4.46. The van der Waals surface area contributed by atoms with Crippen molar-refractivity contribution in [3.63, 3.8) is 0 Å². The predicted molar refractivity (Wildman–Crippen MR) is 117 cm³/mol. The average Bonchev–Trinajstić information content (AvgIpc) is 3.16. The highest BCUT2D eigenvalue weighted by atomic mass is 35.5. The van der Waals surface area contributed by atoms with E-state index in [-0.39, 0.29) is 18.0 Å². The Morgan fingerprint density at radius 1 is 1.14 bits per heavy atom. The van der Waals surface area contributed by atoms with Crippen LogP contribution in [0.5, 0.6) is 0 Å². The molecule has 0 aliphatic carbocycles. The number of anilines is 1. The van der Waals surface area contributed by atoms with Gasteiger partial charge in [-0.25, -0.2) is 0 Å². The van der Waals surface area contributed by atoms with Crippen molar-refractivity contribution in [1.29, 1.82) is 0 Å². The highest BCUT2D eigenvalue weighted by Gasteiger charge is 2.24. The summed E-state index contributed by atoms with van der Waals surface area (Å²) in [5.74, 6) is 0.485. The lowest BCUT2D eigenvalue weighted by Gasteiger charge is -2.27. The SMILES string of the molecule is CC(C)(NCC(=O)NCC1CCN(c2ccccc2)C1)c1ccc(Cl)c(Cl)c1. The number of benzene rings is 2. The zero-order valence-corrected chi connectivity index (χ0v) is 17.9. The molecule has 1 aliphatic rings. The minimum absolute atomic E-state index is 0.00583. The first-order valence-corrected chi connectivity index (χ1v) is 10.4. The van der Waals surface area contributed by atoms with E-state index in [0.717, 1.165) is 25.1 Å². The van der Waals surface area contributed by atoms with Crippen molar-refractivity contribution in [2.75, 3.05) is 31.1 Å². The topological polar surface area (TPSA) is 44.4 Å². The van der Waals surface area contributed by atoms with E-state index in [9.17, 15) is 4.79 Å². The minimum Gasteiger partial charge on any atom is -0.371 e. The molecule has 6 heteroatoms. The third kappa shape index (κ3) is 5.40. The fourth-order valence-corrected chi connectivity index (χ4v) is 3.78. The quantitative estimate of drug-likeness (QED) is 0.695. The molecule has 1 heterocycles. The molecule has 1 unspecified atom stereocenters. The molecule has 4 nitrogen and oxygen atoms in total. The first kappa shape index (κ1) is 21.0. The number of halogens is 2. The molecule has 1 aliphatic heterocycles. The van der Waals surface area contributed by atoms with Crippen molar-refractivity contribution in [1.82, 2.24) is 10.6 Å². The van der Waals surface area contributed by atoms with Crippen molar-refractivity contribution < 1.29 is 4.79 Å². The van der Waals surface area contributed by atoms with Gasteiger partial charge in [0, 0.05) is 30.9 Å². The van der Waals surface area contributed by atoms with Gasteiger partial charge < -0.3 is 10.2 Å². The number of para-hydroxylation sites is 1. The van der Waals surface area contributed by atoms with Crippen LogP contribution in [-0.2, 0) is 10.3 Å². The van der Waals surface area contributed by atoms with Crippen molar-refractivity contribution in [3.05, 3.63) is 64.1 Å². The Morgan fingerprint density at radius 2 is 1.89 bits per heavy atom. The Kier molecular flexibility index (Phi) is 6.86. The second-order valence-electron chi connectivity index (χ2n) is 7.85. The standard InChI is InChI=1S/C22H27Cl2N3O/c1-22(2,17-8-9-19(23)20(24)12-17)26-14-21(28)25-13-16-10-11-27(15-16)18-6-4-3-5-7-18/h3-9,12,16,26H,10-11,13-15H2,1-2H3,(H,25,28). The third-order valence-corrected chi connectivity index (χ3v) is 6.07. The molecule has 2 aromatic carbocycles. The third-order valence-electron chi connectivity index (χ3n) is 5.33. The fourth-order valence-electron chi connectivity index (χ4n) is 3.48. The Labute approximate surface area is 177 Å². The number of nitrogens with one attached hydrogen (secondary N) is 2. The molecule has 150 valence electrons. The molecule has 0 aromatic heterocycles. The molecule has 2 N–H and O–H groups in total. The maximum Gasteiger partial charge on any atom is 0.233 e. The van der Waals surface area contributed by atoms with E-state index in [1.165, 1.54) is 5.69 Å². The molecule has 0 spiro atoms. The lowest BCUT2D eigenvalue weighted by Crippen LogP contribution is -2.44. The number of hydrogen-bond acceptors (Lipinski definition) is 3. The molecular weight excluding hydrogens is 393 g/mol. The van der Waals surface area contributed by atoms with Gasteiger partial charge in [0.25, 0.3) is 0 Å². The van der Waals surface area contributed by atoms with Gasteiger partial charge >= 0.3 is 0 Å². The van der Waals surface area contributed by atoms with Gasteiger partial charge in [-0.3, -0.25) is 10.1 Å². The molecule has 1 saturated heterocycles. The van der Waals surface area contributed by atoms with E-state index in [1.807, 2.05) is 32.0 Å². The van der Waals surface area contributed by atoms with Gasteiger partial charge in [-0.15, -0.1) is 0 Å². The number of nitrogens with zero attached hydrogens (tertiary/aromatic N) is 1. The molecule has 28 heavy (non-hydrogen) atoms. The van der Waals surface area contributed by atoms with Gasteiger partial charge in [0.05, 0.1) is 16.6 Å². The van der Waals surface area contributed by atoms with Gasteiger partial charge in [-0.2, -0.15) is 0 Å². The van der Waals surface area contributed by atoms with Crippen LogP contribution in [0.15, 0.2) is 48.5 Å². The van der Waals surface area contributed by atoms with Crippen LogP contribution in [0.25, 0.3) is 0 Å². The van der Waals surface area contributed by atoms with Gasteiger partial charge in [-0.05, 0) is 56.0 Å². The highest BCUT2D eigenvalue weighted by molar-refractivity contribution is 6.42. The van der Waals surface area contributed by atoms with Gasteiger partial charge in [0.15, 0.2) is 0 Å². The summed E-state index contributed by atoms with van der Waals surface area (Å²) in [4.78, 5) is 14.7. The Hall–Kier alpha value is -1.75. The fraction of sp³-hybridized carbons (Fsp3) is 0.409. The summed E-state index contributed by atoms with van der Waals surface area (Å²) >= 11 is 12.1. The largest absolute Gasteiger partial charge is 0.371 e. The molecule has 0 bridgehead atoms. The molecule has 1 fully saturated rings. The monoisotopic (exact) mass is 419 g/mol. The number of hydrogen-bond donors (Lipinski definition) is 2. The van der Waals surface area contributed by atoms with E-state index in [2.05, 4.69) is 39.8 Å². The van der Waals surface area contributed by atoms with E-state index in [0.29, 0.717) is 22.5 Å². The summed E-state index contributed by atoms with van der Waals surface area (Å²) in [5, 5.41) is 7.42. The number of carbonyl (C=O) groups is 1. The summed E-state index contributed by atoms with van der Waals surface area (Å²) in [6.45, 7) is 7.02. The van der Waals surface area contributed by atoms with Crippen molar-refractivity contribution in [2.45, 2.75) is 25.8 Å². The van der Waals surface area contributed by atoms with Gasteiger partial charge in [0.1, 0.15) is 0 Å². The lowest BCUT2D eigenvalue weighted by atomic mass is 9.94. The van der Waals surface area contributed by atoms with Gasteiger partial charge in [0.2, 0.25) is 5.91 Å². The molecule has 1 atom stereocenters. The summed E-state index contributed by atoms with van der Waals surface area (Å²) in [7, 11) is 0. The Balaban J connectivity index is 1.44. The summed E-state index contributed by atoms with van der Waals surface area (Å²) in [6.07, 6.45) is 1.09. The molecule has 2 aromatic rings. The molecule has 1 amide bonds. The summed E-state index contributed by atoms with van der Waals surface area (Å²) in [5.41, 5.74) is 1.86. The van der Waals surface area contributed by atoms with Crippen LogP contribution in [0.3, 0.4) is 0 Å². The van der Waals surface area contributed by atoms with E-state index >= 15 is 0 Å². The van der Waals surface area contributed by atoms with Crippen LogP contribution in [0.4, 0.5) is 5.69 Å². The number of carbonyl (C=O) groups excluding carboxylic acids is 1. The number of amides is 1. The second kappa shape index (κ2) is 9.17. The maximum atomic E-state index is 12.3. The van der Waals surface area contributed by atoms with Crippen LogP contribution in [0.2, 0.25) is 10.0 Å². The van der Waals surface area contributed by atoms with Crippen molar-refractivity contribution in [3.8, 4) is 0 Å². The number of rotatable bonds is 7.